The second kappa shape index (κ2) is 23.5. The molecule has 0 bridgehead atoms. The second-order valence-corrected chi connectivity index (χ2v) is 15.2. The molecule has 9 nitrogen and oxygen atoms in total. The summed E-state index contributed by atoms with van der Waals surface area (Å²) >= 11 is 0. The van der Waals surface area contributed by atoms with E-state index in [1.54, 1.807) is 12.1 Å². The van der Waals surface area contributed by atoms with Crippen LogP contribution in [0.3, 0.4) is 0 Å². The van der Waals surface area contributed by atoms with E-state index in [1.807, 2.05) is 25.4 Å². The lowest BCUT2D eigenvalue weighted by Crippen LogP contribution is -2.35. The number of methoxy groups -OCH3 is 1. The van der Waals surface area contributed by atoms with Gasteiger partial charge in [0.2, 0.25) is 0 Å². The Bertz CT molecular complexity index is 1800. The number of phenols is 1. The van der Waals surface area contributed by atoms with E-state index in [0.717, 1.165) is 69.1 Å². The molecule has 0 radical (unpaired) electrons. The standard InChI is InChI=1S/C47H63N3O6/c1-33(30-49-2)22-35(15-9-21-51)14-8-16-42(53)28-43(54)25-41(32-52)44-29-46(56-3)45(55)26-39(44)24-40-31-50-47(48)27-38(40)20-19-37-13-7-12-36(23-37)18-17-34-10-5-4-6-11-34/h4-7,10-13,23,25-27,29,31,33,35,47,49-52,55H,8-9,14-22,24,28,30,32,48H2,1-3H3. The van der Waals surface area contributed by atoms with Gasteiger partial charge < -0.3 is 36.4 Å². The van der Waals surface area contributed by atoms with E-state index in [-0.39, 0.29) is 42.3 Å². The SMILES string of the molecule is CNCC(C)CC(CCCO)CCCC(=O)CC(=O)C=C(CO)c1cc(OC)c(O)cc1CC1=CNC(N)C=C1CCc1cccc(CCc2ccccc2)c1. The molecule has 7 N–H and O–H groups in total. The van der Waals surface area contributed by atoms with Crippen LogP contribution in [0.25, 0.3) is 5.57 Å². The van der Waals surface area contributed by atoms with Gasteiger partial charge in [0, 0.05) is 19.2 Å². The van der Waals surface area contributed by atoms with Crippen molar-refractivity contribution in [3.05, 3.63) is 124 Å². The number of aryl methyl sites for hydroxylation is 3. The summed E-state index contributed by atoms with van der Waals surface area (Å²) in [5.74, 6) is 0.555. The highest BCUT2D eigenvalue weighted by Crippen LogP contribution is 2.36. The van der Waals surface area contributed by atoms with Crippen LogP contribution >= 0.6 is 0 Å². The van der Waals surface area contributed by atoms with Gasteiger partial charge in [-0.15, -0.1) is 0 Å². The number of allylic oxidation sites excluding steroid dienone is 3. The van der Waals surface area contributed by atoms with Gasteiger partial charge in [-0.1, -0.05) is 67.9 Å². The first-order valence-electron chi connectivity index (χ1n) is 20.2. The molecule has 302 valence electrons. The van der Waals surface area contributed by atoms with Gasteiger partial charge >= 0.3 is 0 Å². The minimum absolute atomic E-state index is 0.0541. The number of carbonyl (C=O) groups excluding carboxylic acids is 2. The van der Waals surface area contributed by atoms with Crippen molar-refractivity contribution >= 4 is 17.1 Å². The number of phenolic OH excluding ortho intramolecular Hbond substituents is 1. The number of dihydropyridines is 1. The van der Waals surface area contributed by atoms with Crippen molar-refractivity contribution in [3.8, 4) is 11.5 Å². The maximum absolute atomic E-state index is 13.3. The number of aliphatic hydroxyl groups is 2. The molecule has 0 amide bonds. The molecular formula is C47H63N3O6. The number of carbonyl (C=O) groups is 2. The fraction of sp³-hybridized carbons (Fsp3) is 0.447. The van der Waals surface area contributed by atoms with Gasteiger partial charge in [-0.05, 0) is 152 Å². The lowest BCUT2D eigenvalue weighted by Gasteiger charge is -2.23. The molecule has 0 spiro atoms. The highest BCUT2D eigenvalue weighted by molar-refractivity contribution is 6.07. The molecule has 9 heteroatoms. The van der Waals surface area contributed by atoms with Crippen LogP contribution < -0.4 is 21.1 Å². The molecule has 1 aliphatic rings. The maximum atomic E-state index is 13.3. The highest BCUT2D eigenvalue weighted by atomic mass is 16.5. The van der Waals surface area contributed by atoms with Gasteiger partial charge in [0.15, 0.2) is 17.3 Å². The van der Waals surface area contributed by atoms with Gasteiger partial charge in [0.05, 0.1) is 26.3 Å². The van der Waals surface area contributed by atoms with E-state index in [2.05, 4.69) is 66.1 Å². The molecule has 0 aromatic heterocycles. The van der Waals surface area contributed by atoms with Crippen molar-refractivity contribution in [1.82, 2.24) is 10.6 Å². The van der Waals surface area contributed by atoms with E-state index >= 15 is 0 Å². The van der Waals surface area contributed by atoms with Gasteiger partial charge in [-0.3, -0.25) is 9.59 Å². The predicted octanol–water partition coefficient (Wildman–Crippen LogP) is 6.77. The Morgan fingerprint density at radius 1 is 0.929 bits per heavy atom. The quantitative estimate of drug-likeness (QED) is 0.0405. The van der Waals surface area contributed by atoms with E-state index in [4.69, 9.17) is 10.5 Å². The summed E-state index contributed by atoms with van der Waals surface area (Å²) in [7, 11) is 3.39. The van der Waals surface area contributed by atoms with E-state index < -0.39 is 6.61 Å². The first kappa shape index (κ1) is 44.2. The number of ether oxygens (including phenoxy) is 1. The molecule has 56 heavy (non-hydrogen) atoms. The number of hydrogen-bond acceptors (Lipinski definition) is 9. The number of Topliss-reactive ketones (excluding diaryl/α,β-unsaturated/α-hetero) is 1. The summed E-state index contributed by atoms with van der Waals surface area (Å²) in [6, 6.07) is 22.5. The molecule has 3 unspecified atom stereocenters. The largest absolute Gasteiger partial charge is 0.504 e. The summed E-state index contributed by atoms with van der Waals surface area (Å²) in [4.78, 5) is 26.2. The monoisotopic (exact) mass is 765 g/mol. The Hall–Kier alpha value is -4.54. The highest BCUT2D eigenvalue weighted by Gasteiger charge is 2.20. The molecule has 1 aliphatic heterocycles. The zero-order chi connectivity index (χ0) is 40.3. The number of benzene rings is 3. The molecule has 3 aromatic rings. The zero-order valence-electron chi connectivity index (χ0n) is 33.6. The molecule has 4 rings (SSSR count). The van der Waals surface area contributed by atoms with Crippen molar-refractivity contribution in [2.75, 3.05) is 33.9 Å². The summed E-state index contributed by atoms with van der Waals surface area (Å²) in [6.45, 7) is 2.84. The molecule has 0 saturated carbocycles. The van der Waals surface area contributed by atoms with Gasteiger partial charge in [0.1, 0.15) is 5.78 Å². The number of rotatable bonds is 25. The number of aliphatic hydroxyl groups excluding tert-OH is 2. The van der Waals surface area contributed by atoms with Crippen LogP contribution in [0.1, 0.15) is 86.1 Å². The minimum Gasteiger partial charge on any atom is -0.504 e. The van der Waals surface area contributed by atoms with Crippen LogP contribution in [-0.2, 0) is 35.3 Å². The molecule has 1 heterocycles. The van der Waals surface area contributed by atoms with Gasteiger partial charge in [0.25, 0.3) is 0 Å². The fourth-order valence-corrected chi connectivity index (χ4v) is 7.73. The van der Waals surface area contributed by atoms with Crippen LogP contribution in [-0.4, -0.2) is 67.0 Å². The van der Waals surface area contributed by atoms with Gasteiger partial charge in [-0.2, -0.15) is 0 Å². The molecule has 0 saturated heterocycles. The lowest BCUT2D eigenvalue weighted by molar-refractivity contribution is -0.124. The molecule has 3 atom stereocenters. The maximum Gasteiger partial charge on any atom is 0.163 e. The Morgan fingerprint density at radius 2 is 1.62 bits per heavy atom. The second-order valence-electron chi connectivity index (χ2n) is 15.2. The number of ketones is 2. The van der Waals surface area contributed by atoms with Crippen molar-refractivity contribution in [1.29, 1.82) is 0 Å². The van der Waals surface area contributed by atoms with Crippen molar-refractivity contribution < 1.29 is 29.6 Å². The normalized spacial score (nSPS) is 15.4. The number of nitrogens with one attached hydrogen (secondary N) is 2. The Balaban J connectivity index is 1.43. The average molecular weight is 766 g/mol. The summed E-state index contributed by atoms with van der Waals surface area (Å²) in [5.41, 5.74) is 13.8. The zero-order valence-corrected chi connectivity index (χ0v) is 33.6. The predicted molar refractivity (Wildman–Crippen MR) is 225 cm³/mol. The molecule has 0 aliphatic carbocycles. The van der Waals surface area contributed by atoms with Crippen molar-refractivity contribution in [3.63, 3.8) is 0 Å². The van der Waals surface area contributed by atoms with Crippen LogP contribution in [0, 0.1) is 11.8 Å². The first-order valence-corrected chi connectivity index (χ1v) is 20.2. The summed E-state index contributed by atoms with van der Waals surface area (Å²) < 4.78 is 5.42. The smallest absolute Gasteiger partial charge is 0.163 e. The lowest BCUT2D eigenvalue weighted by atomic mass is 9.87. The fourth-order valence-electron chi connectivity index (χ4n) is 7.73. The third kappa shape index (κ3) is 14.5. The van der Waals surface area contributed by atoms with E-state index in [9.17, 15) is 24.9 Å². The van der Waals surface area contributed by atoms with Crippen LogP contribution in [0.4, 0.5) is 0 Å². The van der Waals surface area contributed by atoms with E-state index in [0.29, 0.717) is 47.8 Å². The Kier molecular flexibility index (Phi) is 18.5. The van der Waals surface area contributed by atoms with Crippen LogP contribution in [0.2, 0.25) is 0 Å². The number of nitrogens with two attached hydrogens (primary N) is 1. The number of hydrogen-bond donors (Lipinski definition) is 6. The third-order valence-corrected chi connectivity index (χ3v) is 10.6. The van der Waals surface area contributed by atoms with Gasteiger partial charge in [-0.25, -0.2) is 0 Å². The molecular weight excluding hydrogens is 703 g/mol. The topological polar surface area (TPSA) is 154 Å². The average Bonchev–Trinajstić information content (AvgIpc) is 3.19. The van der Waals surface area contributed by atoms with E-state index in [1.165, 1.54) is 29.9 Å². The first-order chi connectivity index (χ1) is 27.1. The van der Waals surface area contributed by atoms with Crippen LogP contribution in [0.15, 0.2) is 96.2 Å². The molecule has 3 aromatic carbocycles. The molecule has 0 fully saturated rings. The summed E-state index contributed by atoms with van der Waals surface area (Å²) in [6.07, 6.45) is 13.1. The Labute approximate surface area is 333 Å². The summed E-state index contributed by atoms with van der Waals surface area (Å²) in [5, 5.41) is 37.2. The number of aromatic hydroxyl groups is 1. The van der Waals surface area contributed by atoms with Crippen molar-refractivity contribution in [2.45, 2.75) is 90.1 Å². The third-order valence-electron chi connectivity index (χ3n) is 10.6. The van der Waals surface area contributed by atoms with Crippen molar-refractivity contribution in [2.24, 2.45) is 17.6 Å². The Morgan fingerprint density at radius 3 is 2.32 bits per heavy atom. The minimum atomic E-state index is -0.441. The van der Waals surface area contributed by atoms with Crippen LogP contribution in [0.5, 0.6) is 11.5 Å².